The average molecular weight is 257 g/mol. The normalized spacial score (nSPS) is 13.9. The molecule has 0 saturated heterocycles. The number of hydrogen-bond acceptors (Lipinski definition) is 4. The monoisotopic (exact) mass is 257 g/mol. The summed E-state index contributed by atoms with van der Waals surface area (Å²) < 4.78 is 25.6. The van der Waals surface area contributed by atoms with E-state index in [2.05, 4.69) is 10.3 Å². The average Bonchev–Trinajstić information content (AvgIpc) is 2.30. The van der Waals surface area contributed by atoms with Crippen LogP contribution in [0.2, 0.25) is 0 Å². The maximum absolute atomic E-state index is 12.1. The van der Waals surface area contributed by atoms with Gasteiger partial charge in [0.1, 0.15) is 0 Å². The van der Waals surface area contributed by atoms with E-state index in [9.17, 15) is 8.42 Å². The van der Waals surface area contributed by atoms with Crippen LogP contribution in [-0.4, -0.2) is 43.6 Å². The summed E-state index contributed by atoms with van der Waals surface area (Å²) >= 11 is 0. The molecule has 0 aliphatic carbocycles. The summed E-state index contributed by atoms with van der Waals surface area (Å²) in [6, 6.07) is 3.63. The molecule has 0 aliphatic heterocycles. The van der Waals surface area contributed by atoms with E-state index in [1.165, 1.54) is 4.31 Å². The molecule has 1 rings (SSSR count). The third kappa shape index (κ3) is 3.76. The molecule has 0 aliphatic rings. The van der Waals surface area contributed by atoms with Crippen molar-refractivity contribution in [1.29, 1.82) is 0 Å². The van der Waals surface area contributed by atoms with E-state index in [0.29, 0.717) is 13.1 Å². The van der Waals surface area contributed by atoms with E-state index in [1.54, 1.807) is 33.4 Å². The van der Waals surface area contributed by atoms with Crippen molar-refractivity contribution in [3.63, 3.8) is 0 Å². The highest BCUT2D eigenvalue weighted by Gasteiger charge is 2.25. The first kappa shape index (κ1) is 14.1. The van der Waals surface area contributed by atoms with Gasteiger partial charge in [0.25, 0.3) is 0 Å². The zero-order valence-corrected chi connectivity index (χ0v) is 11.2. The maximum Gasteiger partial charge on any atom is 0.218 e. The first-order chi connectivity index (χ1) is 7.98. The molecule has 0 amide bonds. The molecule has 1 unspecified atom stereocenters. The highest BCUT2D eigenvalue weighted by molar-refractivity contribution is 7.89. The van der Waals surface area contributed by atoms with Crippen LogP contribution < -0.4 is 5.32 Å². The fourth-order valence-electron chi connectivity index (χ4n) is 1.54. The number of rotatable bonds is 6. The van der Waals surface area contributed by atoms with Gasteiger partial charge in [-0.1, -0.05) is 0 Å². The van der Waals surface area contributed by atoms with Gasteiger partial charge in [-0.3, -0.25) is 4.98 Å². The van der Waals surface area contributed by atoms with Gasteiger partial charge in [0.15, 0.2) is 0 Å². The summed E-state index contributed by atoms with van der Waals surface area (Å²) in [4.78, 5) is 3.90. The van der Waals surface area contributed by atoms with Crippen LogP contribution in [0.5, 0.6) is 0 Å². The van der Waals surface area contributed by atoms with Gasteiger partial charge in [0.2, 0.25) is 10.0 Å². The van der Waals surface area contributed by atoms with Crippen LogP contribution in [0.1, 0.15) is 12.5 Å². The molecular weight excluding hydrogens is 238 g/mol. The molecule has 0 saturated carbocycles. The lowest BCUT2D eigenvalue weighted by Gasteiger charge is -2.21. The zero-order valence-electron chi connectivity index (χ0n) is 10.4. The SMILES string of the molecule is CNCC(C)S(=O)(=O)N(C)Cc1ccncc1. The number of nitrogens with zero attached hydrogens (tertiary/aromatic N) is 2. The summed E-state index contributed by atoms with van der Waals surface area (Å²) in [6.07, 6.45) is 3.32. The molecule has 1 atom stereocenters. The van der Waals surface area contributed by atoms with Crippen molar-refractivity contribution in [3.05, 3.63) is 30.1 Å². The van der Waals surface area contributed by atoms with E-state index in [0.717, 1.165) is 5.56 Å². The second kappa shape index (κ2) is 6.09. The summed E-state index contributed by atoms with van der Waals surface area (Å²) in [6.45, 7) is 2.52. The number of sulfonamides is 1. The van der Waals surface area contributed by atoms with E-state index >= 15 is 0 Å². The van der Waals surface area contributed by atoms with E-state index in [4.69, 9.17) is 0 Å². The Labute approximate surface area is 103 Å². The molecule has 0 spiro atoms. The lowest BCUT2D eigenvalue weighted by molar-refractivity contribution is 0.455. The maximum atomic E-state index is 12.1. The Balaban J connectivity index is 2.73. The summed E-state index contributed by atoms with van der Waals surface area (Å²) in [5, 5.41) is 2.45. The fourth-order valence-corrected chi connectivity index (χ4v) is 2.86. The predicted octanol–water partition coefficient (Wildman–Crippen LogP) is 0.451. The Hall–Kier alpha value is -0.980. The molecule has 17 heavy (non-hydrogen) atoms. The van der Waals surface area contributed by atoms with Gasteiger partial charge in [-0.15, -0.1) is 0 Å². The lowest BCUT2D eigenvalue weighted by Crippen LogP contribution is -2.38. The van der Waals surface area contributed by atoms with Crippen LogP contribution in [0.15, 0.2) is 24.5 Å². The van der Waals surface area contributed by atoms with E-state index in [1.807, 2.05) is 12.1 Å². The van der Waals surface area contributed by atoms with Gasteiger partial charge >= 0.3 is 0 Å². The van der Waals surface area contributed by atoms with Crippen molar-refractivity contribution >= 4 is 10.0 Å². The van der Waals surface area contributed by atoms with Crippen molar-refractivity contribution < 1.29 is 8.42 Å². The lowest BCUT2D eigenvalue weighted by atomic mass is 10.3. The molecular formula is C11H19N3O2S. The van der Waals surface area contributed by atoms with Gasteiger partial charge < -0.3 is 5.32 Å². The Morgan fingerprint density at radius 2 is 2.00 bits per heavy atom. The van der Waals surface area contributed by atoms with Gasteiger partial charge in [-0.25, -0.2) is 12.7 Å². The molecule has 0 radical (unpaired) electrons. The smallest absolute Gasteiger partial charge is 0.218 e. The fraction of sp³-hybridized carbons (Fsp3) is 0.545. The molecule has 1 heterocycles. The third-order valence-corrected chi connectivity index (χ3v) is 4.77. The van der Waals surface area contributed by atoms with Crippen molar-refractivity contribution in [2.24, 2.45) is 0 Å². The highest BCUT2D eigenvalue weighted by Crippen LogP contribution is 2.10. The highest BCUT2D eigenvalue weighted by atomic mass is 32.2. The molecule has 96 valence electrons. The van der Waals surface area contributed by atoms with Crippen LogP contribution >= 0.6 is 0 Å². The van der Waals surface area contributed by atoms with Crippen LogP contribution in [-0.2, 0) is 16.6 Å². The van der Waals surface area contributed by atoms with Crippen LogP contribution in [0, 0.1) is 0 Å². The van der Waals surface area contributed by atoms with Crippen LogP contribution in [0.25, 0.3) is 0 Å². The van der Waals surface area contributed by atoms with Gasteiger partial charge in [-0.2, -0.15) is 0 Å². The molecule has 1 aromatic heterocycles. The molecule has 1 N–H and O–H groups in total. The molecule has 5 nitrogen and oxygen atoms in total. The molecule has 0 fully saturated rings. The predicted molar refractivity (Wildman–Crippen MR) is 68.0 cm³/mol. The van der Waals surface area contributed by atoms with Gasteiger partial charge in [0.05, 0.1) is 5.25 Å². The molecule has 1 aromatic rings. The van der Waals surface area contributed by atoms with E-state index < -0.39 is 15.3 Å². The standard InChI is InChI=1S/C11H19N3O2S/c1-10(8-12-2)17(15,16)14(3)9-11-4-6-13-7-5-11/h4-7,10,12H,8-9H2,1-3H3. The second-order valence-corrected chi connectivity index (χ2v) is 6.48. The number of aromatic nitrogens is 1. The Morgan fingerprint density at radius 3 is 2.53 bits per heavy atom. The first-order valence-electron chi connectivity index (χ1n) is 5.47. The van der Waals surface area contributed by atoms with Gasteiger partial charge in [-0.05, 0) is 31.7 Å². The van der Waals surface area contributed by atoms with Crippen LogP contribution in [0.4, 0.5) is 0 Å². The third-order valence-electron chi connectivity index (χ3n) is 2.59. The first-order valence-corrected chi connectivity index (χ1v) is 6.97. The van der Waals surface area contributed by atoms with Crippen LogP contribution in [0.3, 0.4) is 0 Å². The number of pyridine rings is 1. The Bertz CT molecular complexity index is 433. The number of nitrogens with one attached hydrogen (secondary N) is 1. The van der Waals surface area contributed by atoms with Crippen molar-refractivity contribution in [3.8, 4) is 0 Å². The van der Waals surface area contributed by atoms with Crippen molar-refractivity contribution in [2.45, 2.75) is 18.7 Å². The zero-order chi connectivity index (χ0) is 12.9. The topological polar surface area (TPSA) is 62.3 Å². The molecule has 6 heteroatoms. The van der Waals surface area contributed by atoms with Gasteiger partial charge in [0, 0.05) is 32.5 Å². The quantitative estimate of drug-likeness (QED) is 0.804. The minimum atomic E-state index is -3.25. The Kier molecular flexibility index (Phi) is 5.04. The van der Waals surface area contributed by atoms with E-state index in [-0.39, 0.29) is 0 Å². The summed E-state index contributed by atoms with van der Waals surface area (Å²) in [5.74, 6) is 0. The number of hydrogen-bond donors (Lipinski definition) is 1. The van der Waals surface area contributed by atoms with Crippen molar-refractivity contribution in [2.75, 3.05) is 20.6 Å². The summed E-state index contributed by atoms with van der Waals surface area (Å²) in [5.41, 5.74) is 0.933. The largest absolute Gasteiger partial charge is 0.318 e. The minimum absolute atomic E-state index is 0.374. The minimum Gasteiger partial charge on any atom is -0.318 e. The van der Waals surface area contributed by atoms with Crippen molar-refractivity contribution in [1.82, 2.24) is 14.6 Å². The second-order valence-electron chi connectivity index (χ2n) is 4.02. The Morgan fingerprint density at radius 1 is 1.41 bits per heavy atom. The summed E-state index contributed by atoms with van der Waals surface area (Å²) in [7, 11) is 0.0951. The molecule has 0 bridgehead atoms. The molecule has 0 aromatic carbocycles.